The number of phenols is 1. The van der Waals surface area contributed by atoms with Crippen LogP contribution in [0.25, 0.3) is 0 Å². The molecule has 1 saturated heterocycles. The standard InChI is InChI=1S/C13H14FNO5/c14-8-1-2-11(16)10(5-8)13(19)15-3-4-20-9(7-15)6-12(17)18/h1-2,5,9,16H,3-4,6-7H2,(H,17,18). The number of ether oxygens (including phenoxy) is 1. The van der Waals surface area contributed by atoms with Gasteiger partial charge in [0.05, 0.1) is 24.7 Å². The van der Waals surface area contributed by atoms with Gasteiger partial charge < -0.3 is 19.8 Å². The largest absolute Gasteiger partial charge is 0.507 e. The molecule has 2 N–H and O–H groups in total. The summed E-state index contributed by atoms with van der Waals surface area (Å²) < 4.78 is 18.4. The Morgan fingerprint density at radius 1 is 1.45 bits per heavy atom. The van der Waals surface area contributed by atoms with E-state index in [1.165, 1.54) is 4.90 Å². The average Bonchev–Trinajstić information content (AvgIpc) is 2.40. The molecule has 1 fully saturated rings. The molecular weight excluding hydrogens is 269 g/mol. The van der Waals surface area contributed by atoms with Crippen LogP contribution >= 0.6 is 0 Å². The van der Waals surface area contributed by atoms with Gasteiger partial charge in [-0.15, -0.1) is 0 Å². The normalized spacial score (nSPS) is 18.9. The number of rotatable bonds is 3. The maximum atomic E-state index is 13.1. The molecule has 0 saturated carbocycles. The summed E-state index contributed by atoms with van der Waals surface area (Å²) in [7, 11) is 0. The Morgan fingerprint density at radius 3 is 2.90 bits per heavy atom. The molecule has 0 spiro atoms. The molecule has 1 aromatic rings. The van der Waals surface area contributed by atoms with Gasteiger partial charge in [-0.1, -0.05) is 0 Å². The first-order valence-corrected chi connectivity index (χ1v) is 6.08. The van der Waals surface area contributed by atoms with Crippen LogP contribution in [-0.2, 0) is 9.53 Å². The van der Waals surface area contributed by atoms with E-state index < -0.39 is 23.8 Å². The van der Waals surface area contributed by atoms with E-state index in [0.717, 1.165) is 18.2 Å². The van der Waals surface area contributed by atoms with Crippen LogP contribution in [0.3, 0.4) is 0 Å². The van der Waals surface area contributed by atoms with Gasteiger partial charge in [0.2, 0.25) is 0 Å². The van der Waals surface area contributed by atoms with E-state index >= 15 is 0 Å². The summed E-state index contributed by atoms with van der Waals surface area (Å²) in [6.07, 6.45) is -0.806. The third kappa shape index (κ3) is 3.24. The first-order valence-electron chi connectivity index (χ1n) is 6.08. The number of benzene rings is 1. The summed E-state index contributed by atoms with van der Waals surface area (Å²) in [5, 5.41) is 18.3. The number of phenolic OH excluding ortho intramolecular Hbond substituents is 1. The number of carboxylic acid groups (broad SMARTS) is 1. The first-order chi connectivity index (χ1) is 9.47. The van der Waals surface area contributed by atoms with Gasteiger partial charge in [-0.25, -0.2) is 4.39 Å². The molecule has 0 bridgehead atoms. The van der Waals surface area contributed by atoms with E-state index in [9.17, 15) is 19.1 Å². The Balaban J connectivity index is 2.12. The van der Waals surface area contributed by atoms with Crippen molar-refractivity contribution in [1.82, 2.24) is 4.90 Å². The molecule has 1 aromatic carbocycles. The smallest absolute Gasteiger partial charge is 0.306 e. The van der Waals surface area contributed by atoms with Gasteiger partial charge in [0.25, 0.3) is 5.91 Å². The van der Waals surface area contributed by atoms with Crippen molar-refractivity contribution in [2.24, 2.45) is 0 Å². The summed E-state index contributed by atoms with van der Waals surface area (Å²) >= 11 is 0. The Bertz CT molecular complexity index is 533. The lowest BCUT2D eigenvalue weighted by Crippen LogP contribution is -2.46. The predicted molar refractivity (Wildman–Crippen MR) is 66.0 cm³/mol. The molecule has 1 aliphatic heterocycles. The van der Waals surface area contributed by atoms with Crippen LogP contribution in [-0.4, -0.2) is 52.8 Å². The van der Waals surface area contributed by atoms with Crippen LogP contribution in [0.1, 0.15) is 16.8 Å². The van der Waals surface area contributed by atoms with E-state index in [4.69, 9.17) is 9.84 Å². The minimum absolute atomic E-state index is 0.0983. The lowest BCUT2D eigenvalue weighted by Gasteiger charge is -2.32. The third-order valence-electron chi connectivity index (χ3n) is 3.02. The van der Waals surface area contributed by atoms with Gasteiger partial charge in [-0.2, -0.15) is 0 Å². The number of hydrogen-bond donors (Lipinski definition) is 2. The van der Waals surface area contributed by atoms with Crippen LogP contribution in [0.15, 0.2) is 18.2 Å². The van der Waals surface area contributed by atoms with Crippen molar-refractivity contribution in [2.45, 2.75) is 12.5 Å². The first kappa shape index (κ1) is 14.3. The second-order valence-electron chi connectivity index (χ2n) is 4.50. The van der Waals surface area contributed by atoms with Crippen LogP contribution in [0, 0.1) is 5.82 Å². The number of aliphatic carboxylic acids is 1. The molecule has 20 heavy (non-hydrogen) atoms. The van der Waals surface area contributed by atoms with Crippen LogP contribution in [0.2, 0.25) is 0 Å². The van der Waals surface area contributed by atoms with Crippen molar-refractivity contribution in [1.29, 1.82) is 0 Å². The fraction of sp³-hybridized carbons (Fsp3) is 0.385. The topological polar surface area (TPSA) is 87.1 Å². The van der Waals surface area contributed by atoms with Crippen LogP contribution in [0.5, 0.6) is 5.75 Å². The molecule has 7 heteroatoms. The van der Waals surface area contributed by atoms with Gasteiger partial charge in [0.15, 0.2) is 0 Å². The van der Waals surface area contributed by atoms with Crippen molar-refractivity contribution >= 4 is 11.9 Å². The van der Waals surface area contributed by atoms with E-state index in [0.29, 0.717) is 0 Å². The molecule has 1 atom stereocenters. The highest BCUT2D eigenvalue weighted by molar-refractivity contribution is 5.96. The van der Waals surface area contributed by atoms with E-state index in [1.54, 1.807) is 0 Å². The number of carbonyl (C=O) groups is 2. The molecule has 1 aliphatic rings. The number of nitrogens with zero attached hydrogens (tertiary/aromatic N) is 1. The van der Waals surface area contributed by atoms with Crippen molar-refractivity contribution in [3.05, 3.63) is 29.6 Å². The number of amides is 1. The van der Waals surface area contributed by atoms with Crippen molar-refractivity contribution in [3.8, 4) is 5.75 Å². The van der Waals surface area contributed by atoms with Crippen molar-refractivity contribution in [3.63, 3.8) is 0 Å². The Hall–Kier alpha value is -2.15. The molecular formula is C13H14FNO5. The monoisotopic (exact) mass is 283 g/mol. The quantitative estimate of drug-likeness (QED) is 0.858. The minimum Gasteiger partial charge on any atom is -0.507 e. The summed E-state index contributed by atoms with van der Waals surface area (Å²) in [5.41, 5.74) is -0.138. The number of morpholine rings is 1. The highest BCUT2D eigenvalue weighted by Crippen LogP contribution is 2.21. The average molecular weight is 283 g/mol. The molecule has 6 nitrogen and oxygen atoms in total. The van der Waals surface area contributed by atoms with Crippen LogP contribution in [0.4, 0.5) is 4.39 Å². The lowest BCUT2D eigenvalue weighted by molar-refractivity contribution is -0.141. The zero-order chi connectivity index (χ0) is 14.7. The molecule has 1 amide bonds. The fourth-order valence-corrected chi connectivity index (χ4v) is 2.07. The Morgan fingerprint density at radius 2 is 2.20 bits per heavy atom. The Labute approximate surface area is 114 Å². The second-order valence-corrected chi connectivity index (χ2v) is 4.50. The molecule has 0 aliphatic carbocycles. The highest BCUT2D eigenvalue weighted by Gasteiger charge is 2.28. The molecule has 2 rings (SSSR count). The fourth-order valence-electron chi connectivity index (χ4n) is 2.07. The maximum Gasteiger partial charge on any atom is 0.306 e. The molecule has 0 aromatic heterocycles. The van der Waals surface area contributed by atoms with E-state index in [1.807, 2.05) is 0 Å². The molecule has 108 valence electrons. The number of hydrogen-bond acceptors (Lipinski definition) is 4. The van der Waals surface area contributed by atoms with Gasteiger partial charge in [-0.05, 0) is 18.2 Å². The van der Waals surface area contributed by atoms with Crippen molar-refractivity contribution in [2.75, 3.05) is 19.7 Å². The number of aromatic hydroxyl groups is 1. The SMILES string of the molecule is O=C(O)CC1CN(C(=O)c2cc(F)ccc2O)CCO1. The zero-order valence-electron chi connectivity index (χ0n) is 10.6. The highest BCUT2D eigenvalue weighted by atomic mass is 19.1. The molecule has 1 unspecified atom stereocenters. The predicted octanol–water partition coefficient (Wildman–Crippen LogP) is 0.847. The molecule has 0 radical (unpaired) electrons. The Kier molecular flexibility index (Phi) is 4.19. The summed E-state index contributed by atoms with van der Waals surface area (Å²) in [4.78, 5) is 24.2. The van der Waals surface area contributed by atoms with Gasteiger partial charge in [0.1, 0.15) is 11.6 Å². The molecule has 1 heterocycles. The third-order valence-corrected chi connectivity index (χ3v) is 3.02. The number of carbonyl (C=O) groups excluding carboxylic acids is 1. The van der Waals surface area contributed by atoms with E-state index in [-0.39, 0.29) is 37.4 Å². The van der Waals surface area contributed by atoms with E-state index in [2.05, 4.69) is 0 Å². The zero-order valence-corrected chi connectivity index (χ0v) is 10.6. The summed E-state index contributed by atoms with van der Waals surface area (Å²) in [6, 6.07) is 3.12. The second kappa shape index (κ2) is 5.87. The maximum absolute atomic E-state index is 13.1. The summed E-state index contributed by atoms with van der Waals surface area (Å²) in [5.74, 6) is -2.49. The van der Waals surface area contributed by atoms with Gasteiger partial charge >= 0.3 is 5.97 Å². The van der Waals surface area contributed by atoms with Gasteiger partial charge in [0, 0.05) is 13.1 Å². The van der Waals surface area contributed by atoms with Crippen LogP contribution < -0.4 is 0 Å². The summed E-state index contributed by atoms with van der Waals surface area (Å²) in [6.45, 7) is 0.575. The lowest BCUT2D eigenvalue weighted by atomic mass is 10.1. The minimum atomic E-state index is -1.02. The number of halogens is 1. The van der Waals surface area contributed by atoms with Gasteiger partial charge in [-0.3, -0.25) is 9.59 Å². The number of carboxylic acids is 1. The van der Waals surface area contributed by atoms with Crippen molar-refractivity contribution < 1.29 is 28.9 Å².